The average Bonchev–Trinajstić information content (AvgIpc) is 2.33. The lowest BCUT2D eigenvalue weighted by Crippen LogP contribution is -2.41. The zero-order valence-electron chi connectivity index (χ0n) is 11.0. The molecule has 7 nitrogen and oxygen atoms in total. The summed E-state index contributed by atoms with van der Waals surface area (Å²) in [7, 11) is 1.23. The first kappa shape index (κ1) is 14.7. The van der Waals surface area contributed by atoms with Gasteiger partial charge in [-0.15, -0.1) is 0 Å². The predicted octanol–water partition coefficient (Wildman–Crippen LogP) is 0.104. The zero-order valence-corrected chi connectivity index (χ0v) is 11.0. The van der Waals surface area contributed by atoms with Gasteiger partial charge in [0.15, 0.2) is 5.88 Å². The van der Waals surface area contributed by atoms with E-state index in [0.717, 1.165) is 12.1 Å². The Morgan fingerprint density at radius 2 is 2.05 bits per heavy atom. The number of methoxy groups -OCH3 is 1. The van der Waals surface area contributed by atoms with Crippen LogP contribution in [-0.2, 0) is 9.53 Å². The van der Waals surface area contributed by atoms with Crippen molar-refractivity contribution in [2.45, 2.75) is 19.9 Å². The van der Waals surface area contributed by atoms with Crippen LogP contribution in [0.1, 0.15) is 24.2 Å². The van der Waals surface area contributed by atoms with Crippen molar-refractivity contribution in [1.29, 1.82) is 0 Å². The number of nitrogens with one attached hydrogen (secondary N) is 1. The summed E-state index contributed by atoms with van der Waals surface area (Å²) in [6, 6.07) is 1.94. The molecule has 0 aliphatic heterocycles. The summed E-state index contributed by atoms with van der Waals surface area (Å²) in [6.07, 6.45) is 0. The van der Waals surface area contributed by atoms with Crippen molar-refractivity contribution >= 4 is 11.9 Å². The maximum Gasteiger partial charge on any atom is 0.325 e. The molecule has 7 heteroatoms. The molecule has 104 valence electrons. The van der Waals surface area contributed by atoms with Gasteiger partial charge in [0.05, 0.1) is 12.7 Å². The smallest absolute Gasteiger partial charge is 0.325 e. The molecule has 0 atom stereocenters. The van der Waals surface area contributed by atoms with Gasteiger partial charge >= 0.3 is 5.97 Å². The van der Waals surface area contributed by atoms with Gasteiger partial charge in [0.1, 0.15) is 6.54 Å². The van der Waals surface area contributed by atoms with E-state index in [9.17, 15) is 19.5 Å². The third kappa shape index (κ3) is 3.84. The molecule has 0 aliphatic carbocycles. The van der Waals surface area contributed by atoms with Crippen LogP contribution in [0.5, 0.6) is 5.88 Å². The number of rotatable bonds is 4. The number of ether oxygens (including phenoxy) is 1. The molecular weight excluding hydrogens is 252 g/mol. The molecule has 19 heavy (non-hydrogen) atoms. The number of hydrogen-bond acceptors (Lipinski definition) is 5. The Kier molecular flexibility index (Phi) is 4.68. The van der Waals surface area contributed by atoms with E-state index in [0.29, 0.717) is 0 Å². The summed E-state index contributed by atoms with van der Waals surface area (Å²) in [6.45, 7) is 3.24. The van der Waals surface area contributed by atoms with Crippen LogP contribution in [0.3, 0.4) is 0 Å². The number of nitrogens with zero attached hydrogens (tertiary/aromatic N) is 1. The van der Waals surface area contributed by atoms with Crippen LogP contribution in [-0.4, -0.2) is 46.6 Å². The highest BCUT2D eigenvalue weighted by Gasteiger charge is 2.22. The monoisotopic (exact) mass is 268 g/mol. The summed E-state index contributed by atoms with van der Waals surface area (Å²) < 4.78 is 4.51. The number of carbonyl (C=O) groups is 2. The molecular formula is C12H16N2O5. The largest absolute Gasteiger partial charge is 0.494 e. The molecule has 1 aromatic heterocycles. The lowest BCUT2D eigenvalue weighted by molar-refractivity contribution is -0.141. The SMILES string of the molecule is COC(=O)CN(C(=O)c1cc(O)[nH]c(=O)c1)C(C)C. The normalized spacial score (nSPS) is 10.3. The fraction of sp³-hybridized carbons (Fsp3) is 0.417. The minimum atomic E-state index is -0.592. The molecule has 0 saturated heterocycles. The van der Waals surface area contributed by atoms with E-state index in [1.165, 1.54) is 12.0 Å². The van der Waals surface area contributed by atoms with Crippen molar-refractivity contribution in [2.75, 3.05) is 13.7 Å². The van der Waals surface area contributed by atoms with Crippen LogP contribution in [0, 0.1) is 0 Å². The third-order valence-electron chi connectivity index (χ3n) is 2.49. The number of aromatic amines is 1. The molecule has 1 amide bonds. The van der Waals surface area contributed by atoms with Crippen LogP contribution < -0.4 is 5.56 Å². The van der Waals surface area contributed by atoms with E-state index in [4.69, 9.17) is 0 Å². The van der Waals surface area contributed by atoms with E-state index in [1.54, 1.807) is 13.8 Å². The number of amides is 1. The number of aromatic hydroxyl groups is 1. The number of pyridine rings is 1. The highest BCUT2D eigenvalue weighted by molar-refractivity contribution is 5.96. The summed E-state index contributed by atoms with van der Waals surface area (Å²) >= 11 is 0. The van der Waals surface area contributed by atoms with Gasteiger partial charge in [0.2, 0.25) is 0 Å². The first-order chi connectivity index (χ1) is 8.85. The van der Waals surface area contributed by atoms with Crippen molar-refractivity contribution in [2.24, 2.45) is 0 Å². The van der Waals surface area contributed by atoms with Gasteiger partial charge in [-0.05, 0) is 13.8 Å². The Morgan fingerprint density at radius 3 is 2.53 bits per heavy atom. The van der Waals surface area contributed by atoms with Gasteiger partial charge in [0, 0.05) is 18.2 Å². The number of aromatic nitrogens is 1. The minimum absolute atomic E-state index is 0.0128. The molecule has 0 aliphatic rings. The average molecular weight is 268 g/mol. The van der Waals surface area contributed by atoms with E-state index >= 15 is 0 Å². The van der Waals surface area contributed by atoms with Gasteiger partial charge in [-0.25, -0.2) is 0 Å². The van der Waals surface area contributed by atoms with E-state index in [-0.39, 0.29) is 18.2 Å². The zero-order chi connectivity index (χ0) is 14.6. The quantitative estimate of drug-likeness (QED) is 0.755. The number of hydrogen-bond donors (Lipinski definition) is 2. The fourth-order valence-corrected chi connectivity index (χ4v) is 1.51. The van der Waals surface area contributed by atoms with Gasteiger partial charge in [-0.3, -0.25) is 19.4 Å². The molecule has 0 fully saturated rings. The molecule has 0 radical (unpaired) electrons. The molecule has 2 N–H and O–H groups in total. The Hall–Kier alpha value is -2.31. The third-order valence-corrected chi connectivity index (χ3v) is 2.49. The van der Waals surface area contributed by atoms with Crippen molar-refractivity contribution in [3.8, 4) is 5.88 Å². The second kappa shape index (κ2) is 6.03. The standard InChI is InChI=1S/C12H16N2O5/c1-7(2)14(6-11(17)19-3)12(18)8-4-9(15)13-10(16)5-8/h4-5,7H,6H2,1-3H3,(H2,13,15,16). The molecule has 0 aromatic carbocycles. The first-order valence-electron chi connectivity index (χ1n) is 5.66. The predicted molar refractivity (Wildman–Crippen MR) is 66.9 cm³/mol. The van der Waals surface area contributed by atoms with Crippen LogP contribution in [0.15, 0.2) is 16.9 Å². The Balaban J connectivity index is 3.05. The Bertz CT molecular complexity index is 535. The van der Waals surface area contributed by atoms with Crippen molar-refractivity contribution in [3.05, 3.63) is 28.0 Å². The molecule has 1 aromatic rings. The van der Waals surface area contributed by atoms with Crippen LogP contribution >= 0.6 is 0 Å². The van der Waals surface area contributed by atoms with Gasteiger partial charge in [0.25, 0.3) is 11.5 Å². The summed E-state index contributed by atoms with van der Waals surface area (Å²) in [5.41, 5.74) is -0.580. The van der Waals surface area contributed by atoms with Gasteiger partial charge < -0.3 is 14.7 Å². The lowest BCUT2D eigenvalue weighted by Gasteiger charge is -2.25. The second-order valence-electron chi connectivity index (χ2n) is 4.22. The molecule has 1 heterocycles. The first-order valence-corrected chi connectivity index (χ1v) is 5.66. The van der Waals surface area contributed by atoms with Crippen LogP contribution in [0.25, 0.3) is 0 Å². The topological polar surface area (TPSA) is 99.7 Å². The Morgan fingerprint density at radius 1 is 1.42 bits per heavy atom. The highest BCUT2D eigenvalue weighted by Crippen LogP contribution is 2.10. The van der Waals surface area contributed by atoms with Gasteiger partial charge in [-0.1, -0.05) is 0 Å². The molecule has 0 saturated carbocycles. The summed E-state index contributed by atoms with van der Waals surface area (Å²) in [5.74, 6) is -1.49. The van der Waals surface area contributed by atoms with Crippen molar-refractivity contribution < 1.29 is 19.4 Å². The van der Waals surface area contributed by atoms with Crippen LogP contribution in [0.4, 0.5) is 0 Å². The molecule has 0 spiro atoms. The highest BCUT2D eigenvalue weighted by atomic mass is 16.5. The summed E-state index contributed by atoms with van der Waals surface area (Å²) in [5, 5.41) is 9.27. The number of esters is 1. The van der Waals surface area contributed by atoms with E-state index in [1.807, 2.05) is 0 Å². The maximum atomic E-state index is 12.2. The fourth-order valence-electron chi connectivity index (χ4n) is 1.51. The lowest BCUT2D eigenvalue weighted by atomic mass is 10.2. The number of carbonyl (C=O) groups excluding carboxylic acids is 2. The molecule has 0 unspecified atom stereocenters. The Labute approximate surface area is 109 Å². The second-order valence-corrected chi connectivity index (χ2v) is 4.22. The van der Waals surface area contributed by atoms with E-state index < -0.39 is 23.3 Å². The van der Waals surface area contributed by atoms with Crippen LogP contribution in [0.2, 0.25) is 0 Å². The molecule has 1 rings (SSSR count). The van der Waals surface area contributed by atoms with Crippen molar-refractivity contribution in [3.63, 3.8) is 0 Å². The van der Waals surface area contributed by atoms with Crippen molar-refractivity contribution in [1.82, 2.24) is 9.88 Å². The summed E-state index contributed by atoms with van der Waals surface area (Å²) in [4.78, 5) is 38.0. The number of H-pyrrole nitrogens is 1. The minimum Gasteiger partial charge on any atom is -0.494 e. The van der Waals surface area contributed by atoms with E-state index in [2.05, 4.69) is 9.72 Å². The van der Waals surface area contributed by atoms with Gasteiger partial charge in [-0.2, -0.15) is 0 Å². The molecule has 0 bridgehead atoms. The maximum absolute atomic E-state index is 12.2.